The first kappa shape index (κ1) is 17.5. The van der Waals surface area contributed by atoms with Crippen molar-refractivity contribution in [2.75, 3.05) is 23.3 Å². The van der Waals surface area contributed by atoms with Crippen LogP contribution in [-0.4, -0.2) is 43.8 Å². The van der Waals surface area contributed by atoms with E-state index in [-0.39, 0.29) is 11.8 Å². The SMILES string of the molecule is CC1CCc2nc(NC(=O)C3CCN(c4ccc5nncn5n4)CC3)sc2C1. The maximum absolute atomic E-state index is 12.7. The van der Waals surface area contributed by atoms with Gasteiger partial charge in [0, 0.05) is 23.9 Å². The summed E-state index contributed by atoms with van der Waals surface area (Å²) in [5.74, 6) is 1.73. The van der Waals surface area contributed by atoms with E-state index in [1.165, 1.54) is 17.0 Å². The van der Waals surface area contributed by atoms with Crippen LogP contribution in [0.25, 0.3) is 5.65 Å². The minimum atomic E-state index is 0.0229. The molecule has 5 rings (SSSR count). The fourth-order valence-corrected chi connectivity index (χ4v) is 5.23. The molecule has 1 amide bonds. The van der Waals surface area contributed by atoms with Gasteiger partial charge in [-0.2, -0.15) is 4.52 Å². The topological polar surface area (TPSA) is 88.3 Å². The second-order valence-electron chi connectivity index (χ2n) is 7.81. The van der Waals surface area contributed by atoms with Crippen molar-refractivity contribution in [1.29, 1.82) is 0 Å². The van der Waals surface area contributed by atoms with Crippen LogP contribution in [0.2, 0.25) is 0 Å². The van der Waals surface area contributed by atoms with Gasteiger partial charge in [0.15, 0.2) is 10.8 Å². The van der Waals surface area contributed by atoms with Gasteiger partial charge < -0.3 is 10.2 Å². The Morgan fingerprint density at radius 3 is 2.96 bits per heavy atom. The lowest BCUT2D eigenvalue weighted by atomic mass is 9.93. The predicted molar refractivity (Wildman–Crippen MR) is 108 cm³/mol. The van der Waals surface area contributed by atoms with Gasteiger partial charge in [0.25, 0.3) is 0 Å². The first-order valence-electron chi connectivity index (χ1n) is 9.87. The van der Waals surface area contributed by atoms with Gasteiger partial charge in [0.05, 0.1) is 5.69 Å². The molecule has 1 N–H and O–H groups in total. The lowest BCUT2D eigenvalue weighted by molar-refractivity contribution is -0.120. The number of hydrogen-bond donors (Lipinski definition) is 1. The van der Waals surface area contributed by atoms with Crippen LogP contribution in [0.1, 0.15) is 36.8 Å². The number of carbonyl (C=O) groups excluding carboxylic acids is 1. The van der Waals surface area contributed by atoms with Gasteiger partial charge in [-0.25, -0.2) is 4.98 Å². The number of piperidine rings is 1. The van der Waals surface area contributed by atoms with E-state index in [9.17, 15) is 4.79 Å². The van der Waals surface area contributed by atoms with Crippen molar-refractivity contribution in [3.63, 3.8) is 0 Å². The number of hydrogen-bond acceptors (Lipinski definition) is 7. The predicted octanol–water partition coefficient (Wildman–Crippen LogP) is 2.56. The summed E-state index contributed by atoms with van der Waals surface area (Å²) in [6.45, 7) is 3.90. The summed E-state index contributed by atoms with van der Waals surface area (Å²) in [6.07, 6.45) is 6.55. The summed E-state index contributed by atoms with van der Waals surface area (Å²) < 4.78 is 1.68. The highest BCUT2D eigenvalue weighted by molar-refractivity contribution is 7.15. The van der Waals surface area contributed by atoms with Gasteiger partial charge in [-0.1, -0.05) is 6.92 Å². The number of nitrogens with one attached hydrogen (secondary N) is 1. The molecule has 146 valence electrons. The molecule has 0 aromatic carbocycles. The summed E-state index contributed by atoms with van der Waals surface area (Å²) >= 11 is 1.65. The molecule has 9 heteroatoms. The summed E-state index contributed by atoms with van der Waals surface area (Å²) in [5, 5.41) is 16.2. The van der Waals surface area contributed by atoms with Gasteiger partial charge in [0.1, 0.15) is 12.1 Å². The molecule has 1 saturated heterocycles. The highest BCUT2D eigenvalue weighted by Crippen LogP contribution is 2.32. The summed E-state index contributed by atoms with van der Waals surface area (Å²) in [7, 11) is 0. The Labute approximate surface area is 167 Å². The Bertz CT molecular complexity index is 1000. The monoisotopic (exact) mass is 397 g/mol. The number of aryl methyl sites for hydroxylation is 1. The van der Waals surface area contributed by atoms with Crippen LogP contribution in [0, 0.1) is 11.8 Å². The molecule has 0 saturated carbocycles. The molecule has 0 bridgehead atoms. The summed E-state index contributed by atoms with van der Waals surface area (Å²) in [4.78, 5) is 20.9. The number of fused-ring (bicyclic) bond motifs is 2. The van der Waals surface area contributed by atoms with E-state index in [1.54, 1.807) is 22.2 Å². The molecule has 1 atom stereocenters. The van der Waals surface area contributed by atoms with Crippen LogP contribution < -0.4 is 10.2 Å². The Hall–Kier alpha value is -2.55. The molecular formula is C19H23N7OS. The van der Waals surface area contributed by atoms with Gasteiger partial charge in [-0.3, -0.25) is 4.79 Å². The van der Waals surface area contributed by atoms with Crippen LogP contribution in [0.4, 0.5) is 10.9 Å². The molecule has 3 aromatic heterocycles. The summed E-state index contributed by atoms with van der Waals surface area (Å²) in [6, 6.07) is 3.88. The average molecular weight is 398 g/mol. The molecule has 8 nitrogen and oxygen atoms in total. The molecule has 4 heterocycles. The molecule has 0 radical (unpaired) electrons. The molecule has 0 spiro atoms. The number of anilines is 2. The standard InChI is InChI=1S/C19H23N7OS/c1-12-2-3-14-15(10-12)28-19(21-14)22-18(27)13-6-8-25(9-7-13)17-5-4-16-23-20-11-26(16)24-17/h4-5,11-13H,2-3,6-10H2,1H3,(H,21,22,27). The Morgan fingerprint density at radius 1 is 1.25 bits per heavy atom. The molecule has 2 aliphatic rings. The Kier molecular flexibility index (Phi) is 4.46. The normalized spacial score (nSPS) is 20.3. The maximum atomic E-state index is 12.7. The van der Waals surface area contributed by atoms with E-state index < -0.39 is 0 Å². The zero-order chi connectivity index (χ0) is 19.1. The Balaban J connectivity index is 1.20. The summed E-state index contributed by atoms with van der Waals surface area (Å²) in [5.41, 5.74) is 1.92. The van der Waals surface area contributed by atoms with E-state index in [2.05, 4.69) is 37.4 Å². The second-order valence-corrected chi connectivity index (χ2v) is 8.90. The maximum Gasteiger partial charge on any atom is 0.229 e. The number of amides is 1. The number of rotatable bonds is 3. The van der Waals surface area contributed by atoms with Crippen molar-refractivity contribution in [2.24, 2.45) is 11.8 Å². The molecule has 1 fully saturated rings. The molecule has 1 aliphatic carbocycles. The van der Waals surface area contributed by atoms with Crippen LogP contribution in [0.5, 0.6) is 0 Å². The van der Waals surface area contributed by atoms with Crippen molar-refractivity contribution in [3.05, 3.63) is 29.0 Å². The van der Waals surface area contributed by atoms with Crippen molar-refractivity contribution in [1.82, 2.24) is 24.8 Å². The second kappa shape index (κ2) is 7.12. The lowest BCUT2D eigenvalue weighted by Crippen LogP contribution is -2.38. The fourth-order valence-electron chi connectivity index (χ4n) is 4.06. The third-order valence-corrected chi connectivity index (χ3v) is 6.79. The van der Waals surface area contributed by atoms with Crippen LogP contribution in [-0.2, 0) is 17.6 Å². The van der Waals surface area contributed by atoms with E-state index >= 15 is 0 Å². The molecule has 28 heavy (non-hydrogen) atoms. The van der Waals surface area contributed by atoms with Crippen molar-refractivity contribution < 1.29 is 4.79 Å². The van der Waals surface area contributed by atoms with Gasteiger partial charge >= 0.3 is 0 Å². The van der Waals surface area contributed by atoms with E-state index in [4.69, 9.17) is 0 Å². The van der Waals surface area contributed by atoms with Crippen molar-refractivity contribution in [2.45, 2.75) is 39.0 Å². The van der Waals surface area contributed by atoms with Crippen molar-refractivity contribution in [3.8, 4) is 0 Å². The molecule has 1 unspecified atom stereocenters. The highest BCUT2D eigenvalue weighted by Gasteiger charge is 2.27. The minimum Gasteiger partial charge on any atom is -0.355 e. The average Bonchev–Trinajstić information content (AvgIpc) is 3.33. The van der Waals surface area contributed by atoms with Gasteiger partial charge in [0.2, 0.25) is 5.91 Å². The first-order valence-corrected chi connectivity index (χ1v) is 10.7. The zero-order valence-corrected chi connectivity index (χ0v) is 16.7. The fraction of sp³-hybridized carbons (Fsp3) is 0.526. The number of aromatic nitrogens is 5. The highest BCUT2D eigenvalue weighted by atomic mass is 32.1. The van der Waals surface area contributed by atoms with Crippen LogP contribution in [0.3, 0.4) is 0 Å². The van der Waals surface area contributed by atoms with E-state index in [0.717, 1.165) is 55.4 Å². The Morgan fingerprint density at radius 2 is 2.11 bits per heavy atom. The third kappa shape index (κ3) is 3.34. The largest absolute Gasteiger partial charge is 0.355 e. The first-order chi connectivity index (χ1) is 13.7. The number of nitrogens with zero attached hydrogens (tertiary/aromatic N) is 6. The molecule has 1 aliphatic heterocycles. The van der Waals surface area contributed by atoms with E-state index in [0.29, 0.717) is 5.92 Å². The van der Waals surface area contributed by atoms with E-state index in [1.807, 2.05) is 12.1 Å². The quantitative estimate of drug-likeness (QED) is 0.731. The number of thiazole rings is 1. The van der Waals surface area contributed by atoms with Crippen LogP contribution >= 0.6 is 11.3 Å². The molecular weight excluding hydrogens is 374 g/mol. The number of carbonyl (C=O) groups is 1. The zero-order valence-electron chi connectivity index (χ0n) is 15.8. The van der Waals surface area contributed by atoms with Gasteiger partial charge in [-0.05, 0) is 50.2 Å². The molecule has 3 aromatic rings. The van der Waals surface area contributed by atoms with Gasteiger partial charge in [-0.15, -0.1) is 26.6 Å². The van der Waals surface area contributed by atoms with Crippen LogP contribution in [0.15, 0.2) is 18.5 Å². The minimum absolute atomic E-state index is 0.0229. The third-order valence-electron chi connectivity index (χ3n) is 5.75. The van der Waals surface area contributed by atoms with Crippen molar-refractivity contribution >= 4 is 33.8 Å². The lowest BCUT2D eigenvalue weighted by Gasteiger charge is -2.31. The smallest absolute Gasteiger partial charge is 0.229 e.